The minimum Gasteiger partial charge on any atom is -0.504 e. The molecule has 0 aliphatic carbocycles. The summed E-state index contributed by atoms with van der Waals surface area (Å²) in [6.45, 7) is 5.33. The average molecular weight is 374 g/mol. The summed E-state index contributed by atoms with van der Waals surface area (Å²) in [6, 6.07) is 16.4. The Kier molecular flexibility index (Phi) is 5.58. The highest BCUT2D eigenvalue weighted by Gasteiger charge is 2.20. The largest absolute Gasteiger partial charge is 0.504 e. The van der Waals surface area contributed by atoms with Gasteiger partial charge in [-0.15, -0.1) is 0 Å². The first-order valence-electron chi connectivity index (χ1n) is 9.86. The Labute approximate surface area is 166 Å². The smallest absolute Gasteiger partial charge is 0.165 e. The molecular weight excluding hydrogens is 348 g/mol. The second kappa shape index (κ2) is 8.44. The predicted molar refractivity (Wildman–Crippen MR) is 112 cm³/mol. The van der Waals surface area contributed by atoms with Crippen molar-refractivity contribution in [2.24, 2.45) is 0 Å². The highest BCUT2D eigenvalue weighted by atomic mass is 16.5. The van der Waals surface area contributed by atoms with Crippen molar-refractivity contribution in [3.8, 4) is 22.6 Å². The number of hydrogen-bond donors (Lipinski definition) is 1. The lowest BCUT2D eigenvalue weighted by atomic mass is 9.98. The summed E-state index contributed by atoms with van der Waals surface area (Å²) in [5.41, 5.74) is 5.71. The van der Waals surface area contributed by atoms with Gasteiger partial charge in [-0.1, -0.05) is 30.3 Å². The number of rotatable bonds is 5. The molecule has 0 radical (unpaired) electrons. The molecule has 0 saturated heterocycles. The van der Waals surface area contributed by atoms with Crippen LogP contribution in [0.2, 0.25) is 0 Å². The molecule has 0 atom stereocenters. The fourth-order valence-electron chi connectivity index (χ4n) is 3.85. The van der Waals surface area contributed by atoms with Crippen molar-refractivity contribution in [3.05, 3.63) is 77.6 Å². The molecule has 1 aliphatic heterocycles. The number of aromatic nitrogens is 1. The highest BCUT2D eigenvalue weighted by Crippen LogP contribution is 2.38. The molecule has 0 spiro atoms. The van der Waals surface area contributed by atoms with E-state index in [2.05, 4.69) is 41.1 Å². The number of benzene rings is 2. The predicted octanol–water partition coefficient (Wildman–Crippen LogP) is 4.59. The number of aryl methyl sites for hydroxylation is 2. The molecule has 2 aromatic carbocycles. The van der Waals surface area contributed by atoms with Crippen molar-refractivity contribution in [1.82, 2.24) is 9.88 Å². The van der Waals surface area contributed by atoms with E-state index in [1.807, 2.05) is 36.7 Å². The van der Waals surface area contributed by atoms with Crippen LogP contribution in [0.3, 0.4) is 0 Å². The molecule has 4 nitrogen and oxygen atoms in total. The third-order valence-corrected chi connectivity index (χ3v) is 5.31. The standard InChI is InChI=1S/C24H26N2O2/c1-18-6-2-3-9-22(18)20-14-21-17-26(12-13-28-24(21)23(27)15-20)11-5-8-19-7-4-10-25-16-19/h2-4,6-7,9-10,14-16,27H,5,8,11-13,17H2,1H3. The van der Waals surface area contributed by atoms with E-state index in [4.69, 9.17) is 4.74 Å². The van der Waals surface area contributed by atoms with Gasteiger partial charge in [0.1, 0.15) is 6.61 Å². The van der Waals surface area contributed by atoms with Gasteiger partial charge >= 0.3 is 0 Å². The van der Waals surface area contributed by atoms with Crippen LogP contribution < -0.4 is 4.74 Å². The van der Waals surface area contributed by atoms with Crippen molar-refractivity contribution >= 4 is 0 Å². The van der Waals surface area contributed by atoms with Crippen molar-refractivity contribution in [3.63, 3.8) is 0 Å². The third kappa shape index (κ3) is 4.18. The van der Waals surface area contributed by atoms with E-state index >= 15 is 0 Å². The van der Waals surface area contributed by atoms with Crippen LogP contribution in [-0.4, -0.2) is 34.7 Å². The normalized spacial score (nSPS) is 14.2. The van der Waals surface area contributed by atoms with Crippen LogP contribution in [0.25, 0.3) is 11.1 Å². The number of ether oxygens (including phenoxy) is 1. The molecule has 144 valence electrons. The van der Waals surface area contributed by atoms with Crippen LogP contribution >= 0.6 is 0 Å². The molecule has 4 rings (SSSR count). The van der Waals surface area contributed by atoms with Crippen LogP contribution in [0.15, 0.2) is 60.9 Å². The molecule has 1 aliphatic rings. The summed E-state index contributed by atoms with van der Waals surface area (Å²) in [4.78, 5) is 6.59. The van der Waals surface area contributed by atoms with Gasteiger partial charge in [0.05, 0.1) is 0 Å². The van der Waals surface area contributed by atoms with E-state index in [9.17, 15) is 5.11 Å². The quantitative estimate of drug-likeness (QED) is 0.709. The second-order valence-electron chi connectivity index (χ2n) is 7.39. The van der Waals surface area contributed by atoms with E-state index in [1.54, 1.807) is 0 Å². The van der Waals surface area contributed by atoms with Gasteiger partial charge < -0.3 is 9.84 Å². The molecule has 1 aromatic heterocycles. The van der Waals surface area contributed by atoms with Crippen LogP contribution in [-0.2, 0) is 13.0 Å². The lowest BCUT2D eigenvalue weighted by Crippen LogP contribution is -2.27. The maximum absolute atomic E-state index is 10.6. The Morgan fingerprint density at radius 1 is 1.14 bits per heavy atom. The zero-order chi connectivity index (χ0) is 19.3. The van der Waals surface area contributed by atoms with Crippen LogP contribution in [0.1, 0.15) is 23.1 Å². The van der Waals surface area contributed by atoms with Gasteiger partial charge in [0, 0.05) is 31.0 Å². The van der Waals surface area contributed by atoms with Gasteiger partial charge in [-0.3, -0.25) is 9.88 Å². The molecule has 2 heterocycles. The Hall–Kier alpha value is -2.85. The van der Waals surface area contributed by atoms with Crippen molar-refractivity contribution in [1.29, 1.82) is 0 Å². The minimum absolute atomic E-state index is 0.230. The van der Waals surface area contributed by atoms with E-state index < -0.39 is 0 Å². The Bertz CT molecular complexity index is 941. The van der Waals surface area contributed by atoms with Crippen LogP contribution in [0.5, 0.6) is 11.5 Å². The molecule has 0 bridgehead atoms. The van der Waals surface area contributed by atoms with Gasteiger partial charge in [-0.05, 0) is 66.8 Å². The summed E-state index contributed by atoms with van der Waals surface area (Å²) in [6.07, 6.45) is 5.84. The molecule has 0 unspecified atom stereocenters. The second-order valence-corrected chi connectivity index (χ2v) is 7.39. The number of phenols is 1. The monoisotopic (exact) mass is 374 g/mol. The molecule has 3 aromatic rings. The fraction of sp³-hybridized carbons (Fsp3) is 0.292. The molecular formula is C24H26N2O2. The van der Waals surface area contributed by atoms with Crippen molar-refractivity contribution in [2.45, 2.75) is 26.3 Å². The zero-order valence-electron chi connectivity index (χ0n) is 16.3. The number of phenolic OH excluding ortho intramolecular Hbond substituents is 1. The number of hydrogen-bond acceptors (Lipinski definition) is 4. The van der Waals surface area contributed by atoms with E-state index in [0.717, 1.165) is 49.2 Å². The molecule has 28 heavy (non-hydrogen) atoms. The summed E-state index contributed by atoms with van der Waals surface area (Å²) in [5, 5.41) is 10.6. The minimum atomic E-state index is 0.230. The molecule has 1 N–H and O–H groups in total. The van der Waals surface area contributed by atoms with Crippen molar-refractivity contribution in [2.75, 3.05) is 19.7 Å². The van der Waals surface area contributed by atoms with Crippen LogP contribution in [0.4, 0.5) is 0 Å². The molecule has 0 fully saturated rings. The summed E-state index contributed by atoms with van der Waals surface area (Å²) in [5.74, 6) is 0.861. The van der Waals surface area contributed by atoms with E-state index in [0.29, 0.717) is 12.4 Å². The first kappa shape index (κ1) is 18.5. The van der Waals surface area contributed by atoms with Gasteiger partial charge in [-0.2, -0.15) is 0 Å². The third-order valence-electron chi connectivity index (χ3n) is 5.31. The molecule has 0 amide bonds. The first-order chi connectivity index (χ1) is 13.7. The average Bonchev–Trinajstić information content (AvgIpc) is 2.91. The van der Waals surface area contributed by atoms with Gasteiger partial charge in [-0.25, -0.2) is 0 Å². The molecule has 4 heteroatoms. The maximum Gasteiger partial charge on any atom is 0.165 e. The number of fused-ring (bicyclic) bond motifs is 1. The summed E-state index contributed by atoms with van der Waals surface area (Å²) < 4.78 is 5.89. The lowest BCUT2D eigenvalue weighted by Gasteiger charge is -2.19. The first-order valence-corrected chi connectivity index (χ1v) is 9.86. The summed E-state index contributed by atoms with van der Waals surface area (Å²) in [7, 11) is 0. The maximum atomic E-state index is 10.6. The Balaban J connectivity index is 1.51. The number of aromatic hydroxyl groups is 1. The lowest BCUT2D eigenvalue weighted by molar-refractivity contribution is 0.221. The number of nitrogens with zero attached hydrogens (tertiary/aromatic N) is 2. The fourth-order valence-corrected chi connectivity index (χ4v) is 3.85. The van der Waals surface area contributed by atoms with Gasteiger partial charge in [0.15, 0.2) is 11.5 Å². The highest BCUT2D eigenvalue weighted by molar-refractivity contribution is 5.71. The van der Waals surface area contributed by atoms with E-state index in [1.165, 1.54) is 11.1 Å². The summed E-state index contributed by atoms with van der Waals surface area (Å²) >= 11 is 0. The Morgan fingerprint density at radius 2 is 2.04 bits per heavy atom. The topological polar surface area (TPSA) is 45.6 Å². The number of pyridine rings is 1. The van der Waals surface area contributed by atoms with Crippen molar-refractivity contribution < 1.29 is 9.84 Å². The Morgan fingerprint density at radius 3 is 2.86 bits per heavy atom. The zero-order valence-corrected chi connectivity index (χ0v) is 16.3. The SMILES string of the molecule is Cc1ccccc1-c1cc(O)c2c(c1)CN(CCCc1cccnc1)CCO2. The molecule has 0 saturated carbocycles. The van der Waals surface area contributed by atoms with Gasteiger partial charge in [0.25, 0.3) is 0 Å². The van der Waals surface area contributed by atoms with Gasteiger partial charge in [0.2, 0.25) is 0 Å². The van der Waals surface area contributed by atoms with Crippen LogP contribution in [0, 0.1) is 6.92 Å². The van der Waals surface area contributed by atoms with E-state index in [-0.39, 0.29) is 5.75 Å².